The monoisotopic (exact) mass is 446 g/mol. The summed E-state index contributed by atoms with van der Waals surface area (Å²) >= 11 is 0. The average Bonchev–Trinajstić information content (AvgIpc) is 2.79. The molecule has 0 aliphatic carbocycles. The van der Waals surface area contributed by atoms with E-state index in [0.717, 1.165) is 6.26 Å². The molecule has 0 saturated carbocycles. The van der Waals surface area contributed by atoms with Crippen molar-refractivity contribution in [1.82, 2.24) is 0 Å². The predicted molar refractivity (Wildman–Crippen MR) is 111 cm³/mol. The third kappa shape index (κ3) is 3.48. The number of aromatic hydroxyl groups is 2. The Hall–Kier alpha value is -3.15. The van der Waals surface area contributed by atoms with E-state index >= 15 is 0 Å². The number of rotatable bonds is 4. The number of benzene rings is 2. The standard InChI is InChI=1S/C22H22O10/c1-30-14-6-9(2-4-12(14)24)11-8-31-21-10(17(11)26)3-5-13(25)16(21)22-20(29)19(28)18(27)15(7-23)32-22/h2-6,8,15,18-20,22-25,27-29H,7H2,1H3/t15?,18-,19+,20?,22+/m1/s1. The second-order valence-corrected chi connectivity index (χ2v) is 7.49. The van der Waals surface area contributed by atoms with Crippen molar-refractivity contribution in [3.05, 3.63) is 52.4 Å². The van der Waals surface area contributed by atoms with E-state index in [9.17, 15) is 35.4 Å². The normalized spacial score (nSPS) is 25.7. The first-order valence-electron chi connectivity index (χ1n) is 9.73. The van der Waals surface area contributed by atoms with Crippen LogP contribution < -0.4 is 10.2 Å². The Balaban J connectivity index is 1.87. The maximum absolute atomic E-state index is 13.2. The van der Waals surface area contributed by atoms with Crippen molar-refractivity contribution >= 4 is 11.0 Å². The van der Waals surface area contributed by atoms with E-state index in [1.54, 1.807) is 0 Å². The number of aliphatic hydroxyl groups excluding tert-OH is 4. The van der Waals surface area contributed by atoms with Crippen molar-refractivity contribution in [1.29, 1.82) is 0 Å². The molecule has 1 aromatic heterocycles. The van der Waals surface area contributed by atoms with Crippen molar-refractivity contribution in [2.75, 3.05) is 13.7 Å². The Morgan fingerprint density at radius 3 is 2.41 bits per heavy atom. The summed E-state index contributed by atoms with van der Waals surface area (Å²) in [6, 6.07) is 6.90. The first-order chi connectivity index (χ1) is 15.3. The molecule has 0 bridgehead atoms. The van der Waals surface area contributed by atoms with E-state index in [4.69, 9.17) is 13.9 Å². The summed E-state index contributed by atoms with van der Waals surface area (Å²) in [4.78, 5) is 13.2. The first kappa shape index (κ1) is 22.1. The van der Waals surface area contributed by atoms with Gasteiger partial charge in [0.1, 0.15) is 48.1 Å². The van der Waals surface area contributed by atoms with Crippen molar-refractivity contribution in [3.63, 3.8) is 0 Å². The van der Waals surface area contributed by atoms with Crippen molar-refractivity contribution < 1.29 is 44.5 Å². The minimum atomic E-state index is -1.67. The van der Waals surface area contributed by atoms with Gasteiger partial charge in [0.25, 0.3) is 0 Å². The van der Waals surface area contributed by atoms with Gasteiger partial charge in [-0.1, -0.05) is 6.07 Å². The van der Waals surface area contributed by atoms with Crippen molar-refractivity contribution in [2.45, 2.75) is 30.5 Å². The van der Waals surface area contributed by atoms with E-state index in [-0.39, 0.29) is 39.3 Å². The predicted octanol–water partition coefficient (Wildman–Crippen LogP) is 0.395. The fraction of sp³-hybridized carbons (Fsp3) is 0.318. The summed E-state index contributed by atoms with van der Waals surface area (Å²) in [7, 11) is 1.37. The van der Waals surface area contributed by atoms with Crippen LogP contribution >= 0.6 is 0 Å². The van der Waals surface area contributed by atoms with Gasteiger partial charge in [-0.15, -0.1) is 0 Å². The van der Waals surface area contributed by atoms with Gasteiger partial charge in [-0.3, -0.25) is 4.79 Å². The summed E-state index contributed by atoms with van der Waals surface area (Å²) < 4.78 is 16.3. The smallest absolute Gasteiger partial charge is 0.200 e. The molecule has 1 aliphatic rings. The number of aliphatic hydroxyl groups is 4. The summed E-state index contributed by atoms with van der Waals surface area (Å²) in [5.74, 6) is -0.310. The van der Waals surface area contributed by atoms with Crippen LogP contribution in [0.1, 0.15) is 11.7 Å². The molecule has 4 rings (SSSR count). The maximum Gasteiger partial charge on any atom is 0.200 e. The van der Waals surface area contributed by atoms with Gasteiger partial charge in [-0.25, -0.2) is 0 Å². The lowest BCUT2D eigenvalue weighted by Gasteiger charge is -2.40. The van der Waals surface area contributed by atoms with E-state index < -0.39 is 42.6 Å². The molecule has 2 heterocycles. The maximum atomic E-state index is 13.2. The number of phenolic OH excluding ortho intramolecular Hbond substituents is 2. The van der Waals surface area contributed by atoms with Gasteiger partial charge in [-0.05, 0) is 29.8 Å². The van der Waals surface area contributed by atoms with Crippen LogP contribution in [-0.2, 0) is 4.74 Å². The Morgan fingerprint density at radius 2 is 1.72 bits per heavy atom. The number of methoxy groups -OCH3 is 1. The Kier molecular flexibility index (Phi) is 5.80. The topological polar surface area (TPSA) is 170 Å². The molecule has 1 saturated heterocycles. The molecule has 170 valence electrons. The fourth-order valence-corrected chi connectivity index (χ4v) is 3.87. The SMILES string of the molecule is COc1cc(-c2coc3c([C@@H]4OC(CO)[C@@H](O)[C@H](O)C4O)c(O)ccc3c2=O)ccc1O. The molecule has 1 aliphatic heterocycles. The summed E-state index contributed by atoms with van der Waals surface area (Å²) in [5.41, 5.74) is -0.0935. The highest BCUT2D eigenvalue weighted by Gasteiger charge is 2.45. The molecular formula is C22H22O10. The van der Waals surface area contributed by atoms with E-state index in [1.165, 1.54) is 37.4 Å². The van der Waals surface area contributed by atoms with Gasteiger partial charge in [0, 0.05) is 0 Å². The molecule has 2 unspecified atom stereocenters. The van der Waals surface area contributed by atoms with Gasteiger partial charge in [0.05, 0.1) is 30.2 Å². The summed E-state index contributed by atoms with van der Waals surface area (Å²) in [5, 5.41) is 60.3. The van der Waals surface area contributed by atoms with Gasteiger partial charge in [0.15, 0.2) is 11.5 Å². The molecule has 10 nitrogen and oxygen atoms in total. The van der Waals surface area contributed by atoms with E-state index in [0.29, 0.717) is 5.56 Å². The molecule has 0 spiro atoms. The van der Waals surface area contributed by atoms with Gasteiger partial charge < -0.3 is 44.5 Å². The van der Waals surface area contributed by atoms with Crippen LogP contribution in [0.4, 0.5) is 0 Å². The molecule has 5 atom stereocenters. The number of hydrogen-bond acceptors (Lipinski definition) is 10. The molecule has 0 radical (unpaired) electrons. The Morgan fingerprint density at radius 1 is 1.00 bits per heavy atom. The molecule has 10 heteroatoms. The minimum absolute atomic E-state index is 0.0549. The van der Waals surface area contributed by atoms with E-state index in [1.807, 2.05) is 0 Å². The fourth-order valence-electron chi connectivity index (χ4n) is 3.87. The zero-order valence-electron chi connectivity index (χ0n) is 16.9. The molecule has 2 aromatic carbocycles. The van der Waals surface area contributed by atoms with Crippen LogP contribution in [0.2, 0.25) is 0 Å². The highest BCUT2D eigenvalue weighted by molar-refractivity contribution is 5.86. The molecule has 3 aromatic rings. The second-order valence-electron chi connectivity index (χ2n) is 7.49. The van der Waals surface area contributed by atoms with Crippen LogP contribution in [0, 0.1) is 0 Å². The van der Waals surface area contributed by atoms with Crippen LogP contribution in [-0.4, -0.2) is 68.8 Å². The minimum Gasteiger partial charge on any atom is -0.507 e. The third-order valence-electron chi connectivity index (χ3n) is 5.62. The van der Waals surface area contributed by atoms with Gasteiger partial charge in [-0.2, -0.15) is 0 Å². The number of hydrogen-bond donors (Lipinski definition) is 6. The van der Waals surface area contributed by atoms with Crippen LogP contribution in [0.3, 0.4) is 0 Å². The Bertz CT molecular complexity index is 1200. The first-order valence-corrected chi connectivity index (χ1v) is 9.73. The van der Waals surface area contributed by atoms with Crippen LogP contribution in [0.25, 0.3) is 22.1 Å². The molecule has 32 heavy (non-hydrogen) atoms. The average molecular weight is 446 g/mol. The van der Waals surface area contributed by atoms with E-state index in [2.05, 4.69) is 0 Å². The Labute approximate surface area is 181 Å². The number of fused-ring (bicyclic) bond motifs is 1. The van der Waals surface area contributed by atoms with Gasteiger partial charge in [0.2, 0.25) is 5.43 Å². The molecular weight excluding hydrogens is 424 g/mol. The number of phenols is 2. The van der Waals surface area contributed by atoms with Crippen LogP contribution in [0.15, 0.2) is 45.8 Å². The van der Waals surface area contributed by atoms with Crippen LogP contribution in [0.5, 0.6) is 17.2 Å². The quantitative estimate of drug-likeness (QED) is 0.330. The molecule has 1 fully saturated rings. The largest absolute Gasteiger partial charge is 0.507 e. The number of ether oxygens (including phenoxy) is 2. The lowest BCUT2D eigenvalue weighted by Crippen LogP contribution is -2.55. The lowest BCUT2D eigenvalue weighted by atomic mass is 9.89. The zero-order chi connectivity index (χ0) is 23.2. The summed E-state index contributed by atoms with van der Waals surface area (Å²) in [6.07, 6.45) is -6.36. The van der Waals surface area contributed by atoms with Crippen molar-refractivity contribution in [3.8, 4) is 28.4 Å². The third-order valence-corrected chi connectivity index (χ3v) is 5.62. The highest BCUT2D eigenvalue weighted by Crippen LogP contribution is 2.40. The molecule has 0 amide bonds. The highest BCUT2D eigenvalue weighted by atomic mass is 16.5. The lowest BCUT2D eigenvalue weighted by molar-refractivity contribution is -0.231. The zero-order valence-corrected chi connectivity index (χ0v) is 16.9. The van der Waals surface area contributed by atoms with Gasteiger partial charge >= 0.3 is 0 Å². The second kappa shape index (κ2) is 8.41. The molecule has 6 N–H and O–H groups in total. The van der Waals surface area contributed by atoms with Crippen molar-refractivity contribution in [2.24, 2.45) is 0 Å². The summed E-state index contributed by atoms with van der Waals surface area (Å²) in [6.45, 7) is -0.649.